The number of hydrogen-bond acceptors (Lipinski definition) is 4. The molecular weight excluding hydrogens is 334 g/mol. The number of nitrogens with one attached hydrogen (secondary N) is 3. The number of fused-ring (bicyclic) bond motifs is 2. The summed E-state index contributed by atoms with van der Waals surface area (Å²) in [6, 6.07) is 12.0. The van der Waals surface area contributed by atoms with Gasteiger partial charge in [-0.2, -0.15) is 0 Å². The maximum atomic E-state index is 12.3. The predicted molar refractivity (Wildman–Crippen MR) is 97.3 cm³/mol. The number of H-pyrrole nitrogens is 2. The molecule has 0 aliphatic heterocycles. The van der Waals surface area contributed by atoms with Gasteiger partial charge in [-0.3, -0.25) is 19.1 Å². The normalized spacial score (nSPS) is 11.1. The molecule has 1 amide bonds. The van der Waals surface area contributed by atoms with Crippen LogP contribution in [0.2, 0.25) is 0 Å². The summed E-state index contributed by atoms with van der Waals surface area (Å²) in [5.41, 5.74) is 1.68. The van der Waals surface area contributed by atoms with Crippen molar-refractivity contribution in [3.8, 4) is 0 Å². The zero-order chi connectivity index (χ0) is 18.1. The summed E-state index contributed by atoms with van der Waals surface area (Å²) in [5, 5.41) is 3.22. The van der Waals surface area contributed by atoms with Crippen molar-refractivity contribution in [2.75, 3.05) is 6.54 Å². The third kappa shape index (κ3) is 2.77. The monoisotopic (exact) mass is 349 g/mol. The first kappa shape index (κ1) is 15.8. The van der Waals surface area contributed by atoms with Gasteiger partial charge in [0.05, 0.1) is 28.3 Å². The minimum Gasteiger partial charge on any atom is -0.350 e. The fourth-order valence-electron chi connectivity index (χ4n) is 2.92. The number of hydrogen-bond donors (Lipinski definition) is 3. The predicted octanol–water partition coefficient (Wildman–Crippen LogP) is 0.996. The molecule has 2 aromatic heterocycles. The Hall–Kier alpha value is -3.68. The third-order valence-electron chi connectivity index (χ3n) is 4.21. The van der Waals surface area contributed by atoms with E-state index >= 15 is 0 Å². The van der Waals surface area contributed by atoms with Crippen LogP contribution < -0.4 is 16.6 Å². The second-order valence-electron chi connectivity index (χ2n) is 5.82. The molecule has 4 rings (SSSR count). The first-order valence-corrected chi connectivity index (χ1v) is 8.07. The number of amides is 1. The van der Waals surface area contributed by atoms with E-state index in [0.717, 1.165) is 11.0 Å². The highest BCUT2D eigenvalue weighted by atomic mass is 16.2. The molecule has 0 fully saturated rings. The smallest absolute Gasteiger partial charge is 0.328 e. The lowest BCUT2D eigenvalue weighted by atomic mass is 10.2. The Morgan fingerprint density at radius 1 is 1.15 bits per heavy atom. The zero-order valence-corrected chi connectivity index (χ0v) is 13.7. The summed E-state index contributed by atoms with van der Waals surface area (Å²) in [5.74, 6) is -0.247. The van der Waals surface area contributed by atoms with Gasteiger partial charge in [0, 0.05) is 18.7 Å². The SMILES string of the molecule is O=C(NCCn1c(=O)[nH]c(=O)c2ccccc21)c1ccc2nc[nH]c2c1. The summed E-state index contributed by atoms with van der Waals surface area (Å²) >= 11 is 0. The molecule has 0 saturated carbocycles. The highest BCUT2D eigenvalue weighted by molar-refractivity contribution is 5.97. The van der Waals surface area contributed by atoms with E-state index in [4.69, 9.17) is 0 Å². The molecular formula is C18H15N5O3. The number of aromatic amines is 2. The van der Waals surface area contributed by atoms with Gasteiger partial charge in [-0.1, -0.05) is 12.1 Å². The Morgan fingerprint density at radius 2 is 2.00 bits per heavy atom. The number of benzene rings is 2. The van der Waals surface area contributed by atoms with Crippen LogP contribution in [0.15, 0.2) is 58.4 Å². The van der Waals surface area contributed by atoms with E-state index in [1.807, 2.05) is 0 Å². The van der Waals surface area contributed by atoms with Gasteiger partial charge in [0.2, 0.25) is 0 Å². The summed E-state index contributed by atoms with van der Waals surface area (Å²) in [4.78, 5) is 45.6. The first-order valence-electron chi connectivity index (χ1n) is 8.07. The number of imidazole rings is 1. The second-order valence-corrected chi connectivity index (χ2v) is 5.82. The molecule has 2 aromatic carbocycles. The van der Waals surface area contributed by atoms with Crippen LogP contribution in [-0.4, -0.2) is 32.0 Å². The van der Waals surface area contributed by atoms with Gasteiger partial charge in [-0.15, -0.1) is 0 Å². The van der Waals surface area contributed by atoms with E-state index in [-0.39, 0.29) is 19.0 Å². The molecule has 0 bridgehead atoms. The topological polar surface area (TPSA) is 113 Å². The molecule has 0 saturated heterocycles. The molecule has 8 nitrogen and oxygen atoms in total. The van der Waals surface area contributed by atoms with Crippen LogP contribution in [0.3, 0.4) is 0 Å². The average molecular weight is 349 g/mol. The van der Waals surface area contributed by atoms with Gasteiger partial charge < -0.3 is 10.3 Å². The Labute approximate surface area is 146 Å². The van der Waals surface area contributed by atoms with E-state index in [1.54, 1.807) is 48.8 Å². The Balaban J connectivity index is 1.53. The molecule has 0 spiro atoms. The highest BCUT2D eigenvalue weighted by Gasteiger charge is 2.09. The summed E-state index contributed by atoms with van der Waals surface area (Å²) in [7, 11) is 0. The van der Waals surface area contributed by atoms with Crippen molar-refractivity contribution in [2.45, 2.75) is 6.54 Å². The van der Waals surface area contributed by atoms with Crippen molar-refractivity contribution in [1.29, 1.82) is 0 Å². The zero-order valence-electron chi connectivity index (χ0n) is 13.7. The second kappa shape index (κ2) is 6.32. The van der Waals surface area contributed by atoms with Crippen molar-refractivity contribution in [1.82, 2.24) is 24.8 Å². The van der Waals surface area contributed by atoms with Gasteiger partial charge in [0.15, 0.2) is 0 Å². The van der Waals surface area contributed by atoms with Gasteiger partial charge in [0.1, 0.15) is 0 Å². The van der Waals surface area contributed by atoms with Gasteiger partial charge in [-0.05, 0) is 30.3 Å². The summed E-state index contributed by atoms with van der Waals surface area (Å²) < 4.78 is 1.44. The number of rotatable bonds is 4. The molecule has 4 aromatic rings. The molecule has 2 heterocycles. The standard InChI is InChI=1S/C18H15N5O3/c24-16(11-5-6-13-14(9-11)21-10-20-13)19-7-8-23-15-4-2-1-3-12(15)17(25)22-18(23)26/h1-6,9-10H,7-8H2,(H,19,24)(H,20,21)(H,22,25,26). The van der Waals surface area contributed by atoms with E-state index in [9.17, 15) is 14.4 Å². The average Bonchev–Trinajstić information content (AvgIpc) is 3.12. The van der Waals surface area contributed by atoms with Crippen LogP contribution in [0, 0.1) is 0 Å². The Bertz CT molecular complexity index is 1230. The minimum atomic E-state index is -0.498. The molecule has 0 unspecified atom stereocenters. The molecule has 8 heteroatoms. The van der Waals surface area contributed by atoms with Crippen LogP contribution >= 0.6 is 0 Å². The quantitative estimate of drug-likeness (QED) is 0.510. The number of carbonyl (C=O) groups is 1. The maximum Gasteiger partial charge on any atom is 0.328 e. The van der Waals surface area contributed by atoms with Crippen molar-refractivity contribution in [2.24, 2.45) is 0 Å². The number of aromatic nitrogens is 4. The molecule has 0 atom stereocenters. The van der Waals surface area contributed by atoms with E-state index in [2.05, 4.69) is 20.3 Å². The Morgan fingerprint density at radius 3 is 2.88 bits per heavy atom. The van der Waals surface area contributed by atoms with Crippen molar-refractivity contribution >= 4 is 27.8 Å². The van der Waals surface area contributed by atoms with Crippen LogP contribution in [0.25, 0.3) is 21.9 Å². The number of carbonyl (C=O) groups excluding carboxylic acids is 1. The van der Waals surface area contributed by atoms with Crippen molar-refractivity contribution < 1.29 is 4.79 Å². The van der Waals surface area contributed by atoms with Crippen LogP contribution in [-0.2, 0) is 6.54 Å². The maximum absolute atomic E-state index is 12.3. The first-order chi connectivity index (χ1) is 12.6. The molecule has 0 aliphatic carbocycles. The van der Waals surface area contributed by atoms with Crippen molar-refractivity contribution in [3.05, 3.63) is 75.2 Å². The van der Waals surface area contributed by atoms with Gasteiger partial charge in [-0.25, -0.2) is 9.78 Å². The molecule has 3 N–H and O–H groups in total. The van der Waals surface area contributed by atoms with Crippen LogP contribution in [0.1, 0.15) is 10.4 Å². The number of para-hydroxylation sites is 1. The van der Waals surface area contributed by atoms with E-state index in [0.29, 0.717) is 16.5 Å². The van der Waals surface area contributed by atoms with E-state index in [1.165, 1.54) is 4.57 Å². The lowest BCUT2D eigenvalue weighted by Gasteiger charge is -2.10. The lowest BCUT2D eigenvalue weighted by molar-refractivity contribution is 0.0952. The third-order valence-corrected chi connectivity index (χ3v) is 4.21. The van der Waals surface area contributed by atoms with Gasteiger partial charge in [0.25, 0.3) is 11.5 Å². The lowest BCUT2D eigenvalue weighted by Crippen LogP contribution is -2.34. The van der Waals surface area contributed by atoms with Crippen molar-refractivity contribution in [3.63, 3.8) is 0 Å². The fourth-order valence-corrected chi connectivity index (χ4v) is 2.92. The van der Waals surface area contributed by atoms with E-state index < -0.39 is 11.2 Å². The Kier molecular flexibility index (Phi) is 3.85. The molecule has 0 radical (unpaired) electrons. The van der Waals surface area contributed by atoms with Crippen LogP contribution in [0.5, 0.6) is 0 Å². The summed E-state index contributed by atoms with van der Waals surface area (Å²) in [6.07, 6.45) is 1.57. The van der Waals surface area contributed by atoms with Gasteiger partial charge >= 0.3 is 5.69 Å². The minimum absolute atomic E-state index is 0.244. The summed E-state index contributed by atoms with van der Waals surface area (Å²) in [6.45, 7) is 0.490. The molecule has 130 valence electrons. The number of nitrogens with zero attached hydrogens (tertiary/aromatic N) is 2. The highest BCUT2D eigenvalue weighted by Crippen LogP contribution is 2.11. The molecule has 0 aliphatic rings. The largest absolute Gasteiger partial charge is 0.350 e. The molecule has 26 heavy (non-hydrogen) atoms. The van der Waals surface area contributed by atoms with Crippen LogP contribution in [0.4, 0.5) is 0 Å². The fraction of sp³-hybridized carbons (Fsp3) is 0.111.